The molecule has 1 heterocycles. The molecule has 5 nitrogen and oxygen atoms in total. The molecule has 0 aromatic rings. The molecule has 0 bridgehead atoms. The Labute approximate surface area is 123 Å². The second-order valence-corrected chi connectivity index (χ2v) is 7.28. The molecule has 5 heteroatoms. The molecule has 0 aromatic carbocycles. The molecule has 0 aliphatic carbocycles. The van der Waals surface area contributed by atoms with Crippen LogP contribution in [0.4, 0.5) is 0 Å². The second-order valence-electron chi connectivity index (χ2n) is 7.28. The van der Waals surface area contributed by atoms with Crippen LogP contribution in [-0.2, 0) is 9.53 Å². The molecule has 1 amide bonds. The quantitative estimate of drug-likeness (QED) is 0.817. The Morgan fingerprint density at radius 3 is 2.15 bits per heavy atom. The number of hydrogen-bond donors (Lipinski definition) is 1. The fourth-order valence-electron chi connectivity index (χ4n) is 2.17. The van der Waals surface area contributed by atoms with Gasteiger partial charge in [0.25, 0.3) is 0 Å². The van der Waals surface area contributed by atoms with Crippen LogP contribution in [0.3, 0.4) is 0 Å². The summed E-state index contributed by atoms with van der Waals surface area (Å²) < 4.78 is 5.48. The highest BCUT2D eigenvalue weighted by molar-refractivity contribution is 5.77. The van der Waals surface area contributed by atoms with Gasteiger partial charge in [0.05, 0.1) is 5.60 Å². The third kappa shape index (κ3) is 6.20. The zero-order valence-corrected chi connectivity index (χ0v) is 14.0. The SMILES string of the molecule is CN1CCN(C(C)(C)CNC(=O)COC(C)(C)C)CC1. The number of likely N-dealkylation sites (N-methyl/N-ethyl adjacent to an activating group) is 1. The molecule has 0 saturated carbocycles. The Morgan fingerprint density at radius 2 is 1.65 bits per heavy atom. The molecule has 1 aliphatic heterocycles. The molecule has 1 rings (SSSR count). The van der Waals surface area contributed by atoms with Crippen molar-refractivity contribution in [3.05, 3.63) is 0 Å². The van der Waals surface area contributed by atoms with Crippen LogP contribution in [-0.4, -0.2) is 73.2 Å². The molecule has 0 aromatic heterocycles. The first kappa shape index (κ1) is 17.4. The highest BCUT2D eigenvalue weighted by atomic mass is 16.5. The van der Waals surface area contributed by atoms with Gasteiger partial charge in [-0.05, 0) is 41.7 Å². The number of nitrogens with zero attached hydrogens (tertiary/aromatic N) is 2. The summed E-state index contributed by atoms with van der Waals surface area (Å²) in [7, 11) is 2.15. The van der Waals surface area contributed by atoms with Crippen molar-refractivity contribution in [2.45, 2.75) is 45.8 Å². The van der Waals surface area contributed by atoms with Crippen molar-refractivity contribution in [2.75, 3.05) is 46.4 Å². The summed E-state index contributed by atoms with van der Waals surface area (Å²) in [5.74, 6) is -0.0397. The smallest absolute Gasteiger partial charge is 0.246 e. The van der Waals surface area contributed by atoms with Crippen LogP contribution < -0.4 is 5.32 Å². The Hall–Kier alpha value is -0.650. The van der Waals surface area contributed by atoms with Crippen molar-refractivity contribution >= 4 is 5.91 Å². The molecular formula is C15H31N3O2. The molecule has 0 spiro atoms. The summed E-state index contributed by atoms with van der Waals surface area (Å²) in [6, 6.07) is 0. The van der Waals surface area contributed by atoms with Gasteiger partial charge >= 0.3 is 0 Å². The second kappa shape index (κ2) is 6.87. The minimum Gasteiger partial charge on any atom is -0.366 e. The molecule has 0 atom stereocenters. The normalized spacial score (nSPS) is 19.1. The number of nitrogens with one attached hydrogen (secondary N) is 1. The zero-order valence-electron chi connectivity index (χ0n) is 14.0. The molecule has 0 radical (unpaired) electrons. The number of rotatable bonds is 5. The predicted molar refractivity (Wildman–Crippen MR) is 81.9 cm³/mol. The summed E-state index contributed by atoms with van der Waals surface area (Å²) >= 11 is 0. The molecular weight excluding hydrogens is 254 g/mol. The number of carbonyl (C=O) groups is 1. The third-order valence-electron chi connectivity index (χ3n) is 3.71. The average Bonchev–Trinajstić information content (AvgIpc) is 2.34. The molecule has 118 valence electrons. The van der Waals surface area contributed by atoms with Crippen molar-refractivity contribution in [1.82, 2.24) is 15.1 Å². The monoisotopic (exact) mass is 285 g/mol. The van der Waals surface area contributed by atoms with E-state index < -0.39 is 0 Å². The van der Waals surface area contributed by atoms with E-state index in [1.165, 1.54) is 0 Å². The molecule has 1 saturated heterocycles. The molecule has 20 heavy (non-hydrogen) atoms. The topological polar surface area (TPSA) is 44.8 Å². The van der Waals surface area contributed by atoms with Gasteiger partial charge in [-0.2, -0.15) is 0 Å². The van der Waals surface area contributed by atoms with Crippen molar-refractivity contribution in [1.29, 1.82) is 0 Å². The largest absolute Gasteiger partial charge is 0.366 e. The first-order valence-electron chi connectivity index (χ1n) is 7.44. The van der Waals surface area contributed by atoms with E-state index in [9.17, 15) is 4.79 Å². The fraction of sp³-hybridized carbons (Fsp3) is 0.933. The van der Waals surface area contributed by atoms with Crippen LogP contribution in [0.1, 0.15) is 34.6 Å². The van der Waals surface area contributed by atoms with E-state index in [0.29, 0.717) is 6.54 Å². The van der Waals surface area contributed by atoms with E-state index in [4.69, 9.17) is 4.74 Å². The van der Waals surface area contributed by atoms with E-state index in [-0.39, 0.29) is 23.7 Å². The summed E-state index contributed by atoms with van der Waals surface area (Å²) in [5.41, 5.74) is -0.289. The van der Waals surface area contributed by atoms with Crippen molar-refractivity contribution in [3.63, 3.8) is 0 Å². The minimum atomic E-state index is -0.273. The number of hydrogen-bond acceptors (Lipinski definition) is 4. The van der Waals surface area contributed by atoms with E-state index in [0.717, 1.165) is 26.2 Å². The Balaban J connectivity index is 2.33. The maximum Gasteiger partial charge on any atom is 0.246 e. The van der Waals surface area contributed by atoms with Gasteiger partial charge in [0.1, 0.15) is 6.61 Å². The summed E-state index contributed by atoms with van der Waals surface area (Å²) in [6.07, 6.45) is 0. The van der Waals surface area contributed by atoms with Gasteiger partial charge < -0.3 is 15.0 Å². The van der Waals surface area contributed by atoms with E-state index in [2.05, 4.69) is 36.0 Å². The predicted octanol–water partition coefficient (Wildman–Crippen LogP) is 0.944. The number of amides is 1. The number of piperazine rings is 1. The summed E-state index contributed by atoms with van der Waals surface area (Å²) in [6.45, 7) is 15.3. The van der Waals surface area contributed by atoms with Crippen LogP contribution in [0.15, 0.2) is 0 Å². The van der Waals surface area contributed by atoms with E-state index >= 15 is 0 Å². The summed E-state index contributed by atoms with van der Waals surface area (Å²) in [5, 5.41) is 2.98. The first-order valence-corrected chi connectivity index (χ1v) is 7.44. The van der Waals surface area contributed by atoms with Crippen LogP contribution in [0.5, 0.6) is 0 Å². The zero-order chi connectivity index (χ0) is 15.4. The van der Waals surface area contributed by atoms with E-state index in [1.54, 1.807) is 0 Å². The first-order chi connectivity index (χ1) is 9.10. The van der Waals surface area contributed by atoms with Gasteiger partial charge in [0.2, 0.25) is 5.91 Å². The Bertz CT molecular complexity index is 316. The third-order valence-corrected chi connectivity index (χ3v) is 3.71. The Morgan fingerprint density at radius 1 is 1.10 bits per heavy atom. The number of carbonyl (C=O) groups excluding carboxylic acids is 1. The lowest BCUT2D eigenvalue weighted by Crippen LogP contribution is -2.58. The lowest BCUT2D eigenvalue weighted by molar-refractivity contribution is -0.131. The molecule has 0 unspecified atom stereocenters. The molecule has 1 fully saturated rings. The standard InChI is InChI=1S/C15H31N3O2/c1-14(2,3)20-11-13(19)16-12-15(4,5)18-9-7-17(6)8-10-18/h7-12H2,1-6H3,(H,16,19). The Kier molecular flexibility index (Phi) is 5.98. The molecule has 1 aliphatic rings. The lowest BCUT2D eigenvalue weighted by Gasteiger charge is -2.43. The van der Waals surface area contributed by atoms with Gasteiger partial charge in [0.15, 0.2) is 0 Å². The van der Waals surface area contributed by atoms with Crippen molar-refractivity contribution in [2.24, 2.45) is 0 Å². The maximum atomic E-state index is 11.8. The minimum absolute atomic E-state index is 0.0152. The summed E-state index contributed by atoms with van der Waals surface area (Å²) in [4.78, 5) is 16.6. The van der Waals surface area contributed by atoms with Crippen molar-refractivity contribution in [3.8, 4) is 0 Å². The number of ether oxygens (including phenoxy) is 1. The van der Waals surface area contributed by atoms with Crippen LogP contribution in [0.2, 0.25) is 0 Å². The average molecular weight is 285 g/mol. The highest BCUT2D eigenvalue weighted by Crippen LogP contribution is 2.15. The van der Waals surface area contributed by atoms with Gasteiger partial charge in [-0.15, -0.1) is 0 Å². The van der Waals surface area contributed by atoms with Crippen molar-refractivity contribution < 1.29 is 9.53 Å². The highest BCUT2D eigenvalue weighted by Gasteiger charge is 2.29. The van der Waals surface area contributed by atoms with Gasteiger partial charge in [-0.3, -0.25) is 9.69 Å². The van der Waals surface area contributed by atoms with Crippen LogP contribution in [0, 0.1) is 0 Å². The van der Waals surface area contributed by atoms with Gasteiger partial charge in [-0.1, -0.05) is 0 Å². The van der Waals surface area contributed by atoms with E-state index in [1.807, 2.05) is 20.8 Å². The molecule has 1 N–H and O–H groups in total. The maximum absolute atomic E-state index is 11.8. The fourth-order valence-corrected chi connectivity index (χ4v) is 2.17. The lowest BCUT2D eigenvalue weighted by atomic mass is 10.0. The van der Waals surface area contributed by atoms with Gasteiger partial charge in [0, 0.05) is 38.3 Å². The van der Waals surface area contributed by atoms with Crippen LogP contribution >= 0.6 is 0 Å². The van der Waals surface area contributed by atoms with Crippen LogP contribution in [0.25, 0.3) is 0 Å². The van der Waals surface area contributed by atoms with Gasteiger partial charge in [-0.25, -0.2) is 0 Å².